The van der Waals surface area contributed by atoms with Gasteiger partial charge in [0.1, 0.15) is 0 Å². The van der Waals surface area contributed by atoms with Gasteiger partial charge in [0.05, 0.1) is 11.3 Å². The van der Waals surface area contributed by atoms with Crippen molar-refractivity contribution >= 4 is 28.2 Å². The number of carbonyl (C=O) groups is 1. The summed E-state index contributed by atoms with van der Waals surface area (Å²) in [6.07, 6.45) is -3.09. The van der Waals surface area contributed by atoms with Crippen LogP contribution >= 0.6 is 12.4 Å². The smallest absolute Gasteiger partial charge is 0.478 e. The summed E-state index contributed by atoms with van der Waals surface area (Å²) in [5.41, 5.74) is -0.782. The Morgan fingerprint density at radius 2 is 1.95 bits per heavy atom. The Bertz CT molecular complexity index is 658. The molecule has 0 fully saturated rings. The van der Waals surface area contributed by atoms with Crippen LogP contribution in [0, 0.1) is 0 Å². The molecule has 0 unspecified atom stereocenters. The van der Waals surface area contributed by atoms with Gasteiger partial charge in [0, 0.05) is 11.8 Å². The van der Waals surface area contributed by atoms with Gasteiger partial charge in [0.15, 0.2) is 21.3 Å². The molecular weight excluding hydrogens is 322 g/mol. The standard InChI is InChI=1S/C10H8F2O6S.ClH/c1-19(15,16)4-6-5(9(13)14)2-3-7-8(6)18-10(11,12)17-7;/h2-3H,4H2,1H3,(H,13,14);1H. The number of carboxylic acid groups (broad SMARTS) is 1. The van der Waals surface area contributed by atoms with Gasteiger partial charge in [-0.2, -0.15) is 0 Å². The van der Waals surface area contributed by atoms with Crippen LogP contribution in [0.2, 0.25) is 0 Å². The lowest BCUT2D eigenvalue weighted by atomic mass is 10.1. The molecule has 1 N–H and O–H groups in total. The third-order valence-electron chi connectivity index (χ3n) is 2.31. The molecule has 0 aliphatic carbocycles. The molecule has 10 heteroatoms. The van der Waals surface area contributed by atoms with Crippen molar-refractivity contribution in [2.24, 2.45) is 0 Å². The van der Waals surface area contributed by atoms with Crippen molar-refractivity contribution in [2.45, 2.75) is 12.0 Å². The fourth-order valence-electron chi connectivity index (χ4n) is 1.67. The van der Waals surface area contributed by atoms with E-state index < -0.39 is 44.9 Å². The Balaban J connectivity index is 0.00000200. The first kappa shape index (κ1) is 16.4. The summed E-state index contributed by atoms with van der Waals surface area (Å²) in [4.78, 5) is 11.0. The zero-order chi connectivity index (χ0) is 14.4. The fraction of sp³-hybridized carbons (Fsp3) is 0.300. The summed E-state index contributed by atoms with van der Waals surface area (Å²) in [6.45, 7) is 0. The number of hydrogen-bond acceptors (Lipinski definition) is 5. The highest BCUT2D eigenvalue weighted by Gasteiger charge is 2.45. The second-order valence-electron chi connectivity index (χ2n) is 3.96. The average Bonchev–Trinajstić information content (AvgIpc) is 2.50. The molecular formula is C10H9ClF2O6S. The number of sulfone groups is 1. The van der Waals surface area contributed by atoms with Crippen LogP contribution in [0.1, 0.15) is 15.9 Å². The first-order valence-corrected chi connectivity index (χ1v) is 6.98. The van der Waals surface area contributed by atoms with Crippen molar-refractivity contribution in [3.63, 3.8) is 0 Å². The summed E-state index contributed by atoms with van der Waals surface area (Å²) in [5.74, 6) is -3.14. The lowest BCUT2D eigenvalue weighted by Gasteiger charge is -2.09. The van der Waals surface area contributed by atoms with Crippen LogP contribution in [0.25, 0.3) is 0 Å². The van der Waals surface area contributed by atoms with Gasteiger partial charge >= 0.3 is 12.3 Å². The molecule has 1 aliphatic heterocycles. The average molecular weight is 331 g/mol. The number of fused-ring (bicyclic) bond motifs is 1. The highest BCUT2D eigenvalue weighted by Crippen LogP contribution is 2.45. The Hall–Kier alpha value is -1.61. The van der Waals surface area contributed by atoms with Crippen molar-refractivity contribution in [3.8, 4) is 11.5 Å². The highest BCUT2D eigenvalue weighted by atomic mass is 35.5. The molecule has 2 rings (SSSR count). The van der Waals surface area contributed by atoms with E-state index in [4.69, 9.17) is 5.11 Å². The third kappa shape index (κ3) is 3.28. The Labute approximate surface area is 118 Å². The summed E-state index contributed by atoms with van der Waals surface area (Å²) in [5, 5.41) is 8.95. The predicted octanol–water partition coefficient (Wildman–Crippen LogP) is 1.67. The number of aromatic carboxylic acids is 1. The number of carboxylic acids is 1. The number of halogens is 3. The Kier molecular flexibility index (Phi) is 4.16. The first-order valence-electron chi connectivity index (χ1n) is 4.92. The van der Waals surface area contributed by atoms with Crippen molar-refractivity contribution in [1.82, 2.24) is 0 Å². The number of alkyl halides is 2. The quantitative estimate of drug-likeness (QED) is 0.906. The third-order valence-corrected chi connectivity index (χ3v) is 3.12. The van der Waals surface area contributed by atoms with Crippen LogP contribution in [-0.2, 0) is 15.6 Å². The van der Waals surface area contributed by atoms with Crippen molar-refractivity contribution in [2.75, 3.05) is 6.26 Å². The minimum absolute atomic E-state index is 0. The first-order chi connectivity index (χ1) is 8.59. The summed E-state index contributed by atoms with van der Waals surface area (Å²) < 4.78 is 56.7. The predicted molar refractivity (Wildman–Crippen MR) is 65.4 cm³/mol. The molecule has 1 aromatic rings. The zero-order valence-electron chi connectivity index (χ0n) is 9.92. The molecule has 0 bridgehead atoms. The number of ether oxygens (including phenoxy) is 2. The normalized spacial score (nSPS) is 15.6. The van der Waals surface area contributed by atoms with Gasteiger partial charge in [0.25, 0.3) is 0 Å². The maximum atomic E-state index is 12.9. The van der Waals surface area contributed by atoms with Crippen LogP contribution < -0.4 is 9.47 Å². The molecule has 6 nitrogen and oxygen atoms in total. The second kappa shape index (κ2) is 5.06. The monoisotopic (exact) mass is 330 g/mol. The zero-order valence-corrected chi connectivity index (χ0v) is 11.6. The van der Waals surface area contributed by atoms with Crippen molar-refractivity contribution in [1.29, 1.82) is 0 Å². The minimum atomic E-state index is -3.94. The van der Waals surface area contributed by atoms with E-state index in [9.17, 15) is 22.0 Å². The van der Waals surface area contributed by atoms with Crippen LogP contribution in [0.15, 0.2) is 12.1 Å². The molecule has 112 valence electrons. The van der Waals surface area contributed by atoms with E-state index in [0.29, 0.717) is 0 Å². The molecule has 1 heterocycles. The number of benzene rings is 1. The van der Waals surface area contributed by atoms with Gasteiger partial charge in [-0.3, -0.25) is 0 Å². The lowest BCUT2D eigenvalue weighted by molar-refractivity contribution is -0.286. The summed E-state index contributed by atoms with van der Waals surface area (Å²) >= 11 is 0. The van der Waals surface area contributed by atoms with E-state index in [-0.39, 0.29) is 18.0 Å². The van der Waals surface area contributed by atoms with Gasteiger partial charge < -0.3 is 14.6 Å². The molecule has 1 aliphatic rings. The fourth-order valence-corrected chi connectivity index (χ4v) is 2.48. The van der Waals surface area contributed by atoms with Gasteiger partial charge in [0.2, 0.25) is 0 Å². The van der Waals surface area contributed by atoms with E-state index in [1.807, 2.05) is 0 Å². The van der Waals surface area contributed by atoms with Crippen LogP contribution in [0.4, 0.5) is 8.78 Å². The van der Waals surface area contributed by atoms with Crippen LogP contribution in [0.3, 0.4) is 0 Å². The van der Waals surface area contributed by atoms with Crippen LogP contribution in [-0.4, -0.2) is 32.0 Å². The van der Waals surface area contributed by atoms with Gasteiger partial charge in [-0.1, -0.05) is 0 Å². The largest absolute Gasteiger partial charge is 0.586 e. The Morgan fingerprint density at radius 1 is 1.35 bits per heavy atom. The van der Waals surface area contributed by atoms with Gasteiger partial charge in [-0.15, -0.1) is 21.2 Å². The van der Waals surface area contributed by atoms with E-state index in [2.05, 4.69) is 9.47 Å². The van der Waals surface area contributed by atoms with Crippen LogP contribution in [0.5, 0.6) is 11.5 Å². The van der Waals surface area contributed by atoms with E-state index in [0.717, 1.165) is 18.4 Å². The van der Waals surface area contributed by atoms with Gasteiger partial charge in [-0.05, 0) is 12.1 Å². The maximum Gasteiger partial charge on any atom is 0.586 e. The maximum absolute atomic E-state index is 12.9. The Morgan fingerprint density at radius 3 is 2.45 bits per heavy atom. The molecule has 0 amide bonds. The molecule has 0 atom stereocenters. The lowest BCUT2D eigenvalue weighted by Crippen LogP contribution is -2.26. The molecule has 20 heavy (non-hydrogen) atoms. The summed E-state index contributed by atoms with van der Waals surface area (Å²) in [7, 11) is -3.64. The van der Waals surface area contributed by atoms with E-state index in [1.165, 1.54) is 0 Å². The van der Waals surface area contributed by atoms with Gasteiger partial charge in [-0.25, -0.2) is 13.2 Å². The molecule has 1 aromatic carbocycles. The minimum Gasteiger partial charge on any atom is -0.478 e. The second-order valence-corrected chi connectivity index (χ2v) is 6.10. The molecule has 0 aromatic heterocycles. The van der Waals surface area contributed by atoms with Crippen molar-refractivity contribution in [3.05, 3.63) is 23.3 Å². The topological polar surface area (TPSA) is 89.9 Å². The molecule has 0 saturated heterocycles. The number of hydrogen-bond donors (Lipinski definition) is 1. The number of rotatable bonds is 3. The molecule has 0 radical (unpaired) electrons. The summed E-state index contributed by atoms with van der Waals surface area (Å²) in [6, 6.07) is 1.98. The van der Waals surface area contributed by atoms with E-state index >= 15 is 0 Å². The SMILES string of the molecule is CS(=O)(=O)Cc1c(C(=O)O)ccc2c1OC(F)(F)O2.Cl. The van der Waals surface area contributed by atoms with E-state index in [1.54, 1.807) is 0 Å². The van der Waals surface area contributed by atoms with Crippen molar-refractivity contribution < 1.29 is 36.6 Å². The highest BCUT2D eigenvalue weighted by molar-refractivity contribution is 7.89. The molecule has 0 spiro atoms. The molecule has 0 saturated carbocycles.